The number of alkyl halides is 5. The molecule has 0 fully saturated rings. The van der Waals surface area contributed by atoms with Gasteiger partial charge in [-0.3, -0.25) is 4.18 Å². The summed E-state index contributed by atoms with van der Waals surface area (Å²) in [7, 11) is -4.45. The second-order valence-corrected chi connectivity index (χ2v) is 6.22. The fourth-order valence-corrected chi connectivity index (χ4v) is 2.03. The minimum absolute atomic E-state index is 0.275. The zero-order valence-corrected chi connectivity index (χ0v) is 12.6. The summed E-state index contributed by atoms with van der Waals surface area (Å²) in [4.78, 5) is 0. The molecule has 126 valence electrons. The molecule has 0 aromatic rings. The molecule has 21 heavy (non-hydrogen) atoms. The normalized spacial score (nSPS) is 15.6. The Balaban J connectivity index is 4.88. The van der Waals surface area contributed by atoms with E-state index in [0.29, 0.717) is 18.8 Å². The van der Waals surface area contributed by atoms with Gasteiger partial charge in [-0.15, -0.1) is 0 Å². The minimum atomic E-state index is -5.89. The number of hydrogen-bond acceptors (Lipinski definition) is 3. The molecule has 0 aromatic heterocycles. The van der Waals surface area contributed by atoms with Crippen LogP contribution >= 0.6 is 0 Å². The number of rotatable bonds is 9. The highest BCUT2D eigenvalue weighted by molar-refractivity contribution is 7.86. The van der Waals surface area contributed by atoms with Gasteiger partial charge in [0, 0.05) is 0 Å². The Bertz CT molecular complexity index is 429. The van der Waals surface area contributed by atoms with E-state index in [4.69, 9.17) is 0 Å². The molecule has 0 amide bonds. The van der Waals surface area contributed by atoms with Crippen molar-refractivity contribution < 1.29 is 34.6 Å². The van der Waals surface area contributed by atoms with Crippen LogP contribution in [0, 0.1) is 0 Å². The van der Waals surface area contributed by atoms with Crippen LogP contribution < -0.4 is 0 Å². The molecule has 0 spiro atoms. The Labute approximate surface area is 121 Å². The van der Waals surface area contributed by atoms with Crippen LogP contribution in [0.5, 0.6) is 0 Å². The van der Waals surface area contributed by atoms with Crippen molar-refractivity contribution in [2.45, 2.75) is 57.2 Å². The van der Waals surface area contributed by atoms with Crippen molar-refractivity contribution in [3.63, 3.8) is 0 Å². The Morgan fingerprint density at radius 1 is 1.10 bits per heavy atom. The van der Waals surface area contributed by atoms with Crippen LogP contribution in [0.25, 0.3) is 0 Å². The molecule has 1 unspecified atom stereocenters. The molecule has 0 aliphatic rings. The summed E-state index contributed by atoms with van der Waals surface area (Å²) in [5, 5.41) is 0. The number of halogens is 5. The molecule has 0 N–H and O–H groups in total. The lowest BCUT2D eigenvalue weighted by molar-refractivity contribution is -0.301. The monoisotopic (exact) mass is 338 g/mol. The number of unbranched alkanes of at least 4 members (excludes halogenated alkanes) is 4. The third kappa shape index (κ3) is 7.75. The van der Waals surface area contributed by atoms with E-state index in [1.807, 2.05) is 6.92 Å². The van der Waals surface area contributed by atoms with Crippen LogP contribution in [0.15, 0.2) is 12.2 Å². The lowest BCUT2D eigenvalue weighted by Gasteiger charge is -2.25. The number of hydrogen-bond donors (Lipinski definition) is 0. The van der Waals surface area contributed by atoms with Crippen molar-refractivity contribution >= 4 is 10.1 Å². The van der Waals surface area contributed by atoms with E-state index in [0.717, 1.165) is 25.3 Å². The predicted octanol–water partition coefficient (Wildman–Crippen LogP) is 4.06. The van der Waals surface area contributed by atoms with Crippen LogP contribution in [-0.4, -0.2) is 32.9 Å². The van der Waals surface area contributed by atoms with Gasteiger partial charge in [0.2, 0.25) is 0 Å². The molecule has 3 nitrogen and oxygen atoms in total. The van der Waals surface area contributed by atoms with Gasteiger partial charge in [-0.25, -0.2) is 0 Å². The third-order valence-corrected chi connectivity index (χ3v) is 3.11. The fraction of sp³-hybridized carbons (Fsp3) is 0.833. The van der Waals surface area contributed by atoms with Crippen molar-refractivity contribution in [2.75, 3.05) is 6.26 Å². The number of allylic oxidation sites excluding steroid dienone is 1. The van der Waals surface area contributed by atoms with Crippen LogP contribution in [0.2, 0.25) is 0 Å². The van der Waals surface area contributed by atoms with Gasteiger partial charge in [0.05, 0.1) is 6.26 Å². The van der Waals surface area contributed by atoms with E-state index in [2.05, 4.69) is 4.18 Å². The highest BCUT2D eigenvalue weighted by Gasteiger charge is 2.63. The van der Waals surface area contributed by atoms with Gasteiger partial charge < -0.3 is 0 Å². The fourth-order valence-electron chi connectivity index (χ4n) is 1.47. The van der Waals surface area contributed by atoms with E-state index in [-0.39, 0.29) is 6.42 Å². The molecular formula is C12H19F5O3S. The Hall–Kier alpha value is -0.700. The van der Waals surface area contributed by atoms with Crippen LogP contribution in [-0.2, 0) is 14.3 Å². The van der Waals surface area contributed by atoms with Crippen LogP contribution in [0.1, 0.15) is 39.0 Å². The minimum Gasteiger partial charge on any atom is -0.256 e. The van der Waals surface area contributed by atoms with Gasteiger partial charge in [-0.2, -0.15) is 30.4 Å². The maximum atomic E-state index is 13.2. The van der Waals surface area contributed by atoms with E-state index in [1.165, 1.54) is 0 Å². The highest BCUT2D eigenvalue weighted by atomic mass is 32.2. The molecule has 0 aromatic carbocycles. The zero-order chi connectivity index (χ0) is 16.7. The Morgan fingerprint density at radius 3 is 2.10 bits per heavy atom. The molecule has 0 heterocycles. The standard InChI is InChI=1S/C12H19F5O3S/c1-3-4-5-6-7-8-9-10(20-21(2,18)19)11(13,14)12(15,16)17/h8-10H,3-7H2,1-2H3/b9-8+. The Kier molecular flexibility index (Phi) is 7.80. The van der Waals surface area contributed by atoms with E-state index >= 15 is 0 Å². The van der Waals surface area contributed by atoms with Crippen LogP contribution in [0.3, 0.4) is 0 Å². The smallest absolute Gasteiger partial charge is 0.256 e. The summed E-state index contributed by atoms with van der Waals surface area (Å²) >= 11 is 0. The van der Waals surface area contributed by atoms with Gasteiger partial charge in [0.15, 0.2) is 6.10 Å². The summed E-state index contributed by atoms with van der Waals surface area (Å²) in [6, 6.07) is 0. The van der Waals surface area contributed by atoms with E-state index < -0.39 is 28.3 Å². The summed E-state index contributed by atoms with van der Waals surface area (Å²) in [5.41, 5.74) is 0. The highest BCUT2D eigenvalue weighted by Crippen LogP contribution is 2.40. The van der Waals surface area contributed by atoms with Crippen LogP contribution in [0.4, 0.5) is 22.0 Å². The predicted molar refractivity (Wildman–Crippen MR) is 68.6 cm³/mol. The topological polar surface area (TPSA) is 43.4 Å². The van der Waals surface area contributed by atoms with Crippen molar-refractivity contribution in [2.24, 2.45) is 0 Å². The average molecular weight is 338 g/mol. The molecule has 1 atom stereocenters. The summed E-state index contributed by atoms with van der Waals surface area (Å²) < 4.78 is 88.7. The maximum Gasteiger partial charge on any atom is 0.456 e. The molecule has 0 rings (SSSR count). The molecular weight excluding hydrogens is 319 g/mol. The summed E-state index contributed by atoms with van der Waals surface area (Å²) in [6.07, 6.45) is -3.23. The third-order valence-electron chi connectivity index (χ3n) is 2.55. The second-order valence-electron chi connectivity index (χ2n) is 4.62. The summed E-state index contributed by atoms with van der Waals surface area (Å²) in [6.45, 7) is 1.97. The van der Waals surface area contributed by atoms with E-state index in [1.54, 1.807) is 0 Å². The van der Waals surface area contributed by atoms with Gasteiger partial charge in [0.25, 0.3) is 10.1 Å². The first-order chi connectivity index (χ1) is 9.42. The van der Waals surface area contributed by atoms with Gasteiger partial charge in [0.1, 0.15) is 0 Å². The Morgan fingerprint density at radius 2 is 1.67 bits per heavy atom. The average Bonchev–Trinajstić information content (AvgIpc) is 2.29. The van der Waals surface area contributed by atoms with Crippen molar-refractivity contribution in [1.82, 2.24) is 0 Å². The molecule has 0 aliphatic carbocycles. The van der Waals surface area contributed by atoms with Crippen molar-refractivity contribution in [3.8, 4) is 0 Å². The second kappa shape index (κ2) is 8.07. The first kappa shape index (κ1) is 20.3. The largest absolute Gasteiger partial charge is 0.456 e. The molecule has 9 heteroatoms. The van der Waals surface area contributed by atoms with Crippen molar-refractivity contribution in [1.29, 1.82) is 0 Å². The lowest BCUT2D eigenvalue weighted by atomic mass is 10.1. The summed E-state index contributed by atoms with van der Waals surface area (Å²) in [5.74, 6) is -5.28. The van der Waals surface area contributed by atoms with E-state index in [9.17, 15) is 30.4 Å². The molecule has 0 saturated heterocycles. The van der Waals surface area contributed by atoms with Gasteiger partial charge in [-0.1, -0.05) is 38.3 Å². The molecule has 0 saturated carbocycles. The lowest BCUT2D eigenvalue weighted by Crippen LogP contribution is -2.48. The molecule has 0 bridgehead atoms. The quantitative estimate of drug-likeness (QED) is 0.276. The maximum absolute atomic E-state index is 13.2. The van der Waals surface area contributed by atoms with Crippen molar-refractivity contribution in [3.05, 3.63) is 12.2 Å². The van der Waals surface area contributed by atoms with Gasteiger partial charge in [-0.05, 0) is 12.8 Å². The molecule has 0 radical (unpaired) electrons. The SMILES string of the molecule is CCCCCC/C=C/C(OS(C)(=O)=O)C(F)(F)C(F)(F)F. The zero-order valence-electron chi connectivity index (χ0n) is 11.8. The molecule has 0 aliphatic heterocycles. The first-order valence-corrected chi connectivity index (χ1v) is 8.23. The van der Waals surface area contributed by atoms with Gasteiger partial charge >= 0.3 is 12.1 Å². The first-order valence-electron chi connectivity index (χ1n) is 6.41.